The maximum atomic E-state index is 12.8. The van der Waals surface area contributed by atoms with Gasteiger partial charge in [-0.15, -0.1) is 13.2 Å². The largest absolute Gasteiger partial charge is 0.573 e. The molecule has 1 aromatic heterocycles. The lowest BCUT2D eigenvalue weighted by atomic mass is 10.1. The van der Waals surface area contributed by atoms with E-state index in [4.69, 9.17) is 5.73 Å². The highest BCUT2D eigenvalue weighted by Crippen LogP contribution is 2.36. The molecule has 0 aliphatic carbocycles. The highest BCUT2D eigenvalue weighted by atomic mass is 19.4. The molecular weight excluding hydrogens is 315 g/mol. The van der Waals surface area contributed by atoms with Gasteiger partial charge in [0.1, 0.15) is 5.75 Å². The summed E-state index contributed by atoms with van der Waals surface area (Å²) in [6.07, 6.45) is -8.40. The summed E-state index contributed by atoms with van der Waals surface area (Å²) >= 11 is 0. The molecule has 0 aliphatic heterocycles. The monoisotopic (exact) mass is 328 g/mol. The quantitative estimate of drug-likeness (QED) is 0.641. The smallest absolute Gasteiger partial charge is 0.466 e. The van der Waals surface area contributed by atoms with Crippen LogP contribution in [-0.2, 0) is 22.5 Å². The zero-order valence-electron chi connectivity index (χ0n) is 11.4. The number of carbonyl (C=O) groups excluding carboxylic acids is 1. The van der Waals surface area contributed by atoms with Gasteiger partial charge in [0.05, 0.1) is 24.3 Å². The number of carbonyl (C=O) groups is 1. The van der Waals surface area contributed by atoms with Crippen LogP contribution < -0.4 is 10.5 Å². The minimum atomic E-state index is -5.18. The summed E-state index contributed by atoms with van der Waals surface area (Å²) in [7, 11) is 0. The number of nitrogens with two attached hydrogens (primary N) is 1. The van der Waals surface area contributed by atoms with E-state index >= 15 is 0 Å². The van der Waals surface area contributed by atoms with Crippen molar-refractivity contribution in [2.45, 2.75) is 32.7 Å². The van der Waals surface area contributed by atoms with E-state index in [9.17, 15) is 26.7 Å². The molecule has 0 amide bonds. The first-order valence-corrected chi connectivity index (χ1v) is 6.09. The number of halogens is 5. The van der Waals surface area contributed by atoms with Gasteiger partial charge in [-0.3, -0.25) is 9.78 Å². The Labute approximate surface area is 122 Å². The molecule has 1 heterocycles. The minimum Gasteiger partial charge on any atom is -0.466 e. The summed E-state index contributed by atoms with van der Waals surface area (Å²) in [6.45, 7) is 1.03. The number of pyridine rings is 1. The molecule has 0 fully saturated rings. The van der Waals surface area contributed by atoms with Crippen molar-refractivity contribution < 1.29 is 36.2 Å². The first kappa shape index (κ1) is 18.1. The Morgan fingerprint density at radius 1 is 1.41 bits per heavy atom. The highest BCUT2D eigenvalue weighted by Gasteiger charge is 2.35. The number of esters is 1. The Morgan fingerprint density at radius 3 is 2.50 bits per heavy atom. The van der Waals surface area contributed by atoms with Gasteiger partial charge < -0.3 is 15.2 Å². The number of nitrogens with zero attached hydrogens (tertiary/aromatic N) is 1. The Hall–Kier alpha value is -1.97. The summed E-state index contributed by atoms with van der Waals surface area (Å²) in [5.41, 5.74) is 3.64. The maximum absolute atomic E-state index is 12.8. The fourth-order valence-corrected chi connectivity index (χ4v) is 1.69. The van der Waals surface area contributed by atoms with Crippen molar-refractivity contribution >= 4 is 5.97 Å². The zero-order valence-corrected chi connectivity index (χ0v) is 11.4. The molecular formula is C12H13F5N2O3. The van der Waals surface area contributed by atoms with Crippen LogP contribution in [0.25, 0.3) is 0 Å². The molecule has 1 rings (SSSR count). The summed E-state index contributed by atoms with van der Waals surface area (Å²) in [6, 6.07) is 0. The van der Waals surface area contributed by atoms with Crippen LogP contribution in [0.1, 0.15) is 30.2 Å². The molecule has 0 atom stereocenters. The van der Waals surface area contributed by atoms with Crippen molar-refractivity contribution in [3.63, 3.8) is 0 Å². The Balaban J connectivity index is 3.31. The van der Waals surface area contributed by atoms with E-state index in [0.717, 1.165) is 0 Å². The molecule has 2 N–H and O–H groups in total. The Morgan fingerprint density at radius 2 is 2.05 bits per heavy atom. The second-order valence-electron chi connectivity index (χ2n) is 4.00. The van der Waals surface area contributed by atoms with Crippen molar-refractivity contribution in [3.8, 4) is 5.75 Å². The summed E-state index contributed by atoms with van der Waals surface area (Å²) in [4.78, 5) is 15.0. The molecule has 0 unspecified atom stereocenters. The molecule has 0 radical (unpaired) electrons. The predicted molar refractivity (Wildman–Crippen MR) is 64.1 cm³/mol. The van der Waals surface area contributed by atoms with E-state index in [1.807, 2.05) is 0 Å². The van der Waals surface area contributed by atoms with Crippen LogP contribution in [0.5, 0.6) is 5.75 Å². The van der Waals surface area contributed by atoms with Gasteiger partial charge in [-0.2, -0.15) is 0 Å². The van der Waals surface area contributed by atoms with E-state index in [1.54, 1.807) is 0 Å². The topological polar surface area (TPSA) is 74.4 Å². The van der Waals surface area contributed by atoms with Gasteiger partial charge in [-0.1, -0.05) is 0 Å². The van der Waals surface area contributed by atoms with Crippen molar-refractivity contribution in [1.29, 1.82) is 0 Å². The maximum Gasteiger partial charge on any atom is 0.573 e. The molecule has 0 bridgehead atoms. The van der Waals surface area contributed by atoms with Crippen LogP contribution in [0.3, 0.4) is 0 Å². The fourth-order valence-electron chi connectivity index (χ4n) is 1.69. The van der Waals surface area contributed by atoms with Gasteiger partial charge in [0, 0.05) is 18.3 Å². The van der Waals surface area contributed by atoms with Crippen LogP contribution >= 0.6 is 0 Å². The first-order valence-electron chi connectivity index (χ1n) is 6.09. The summed E-state index contributed by atoms with van der Waals surface area (Å²) < 4.78 is 71.1. The lowest BCUT2D eigenvalue weighted by Gasteiger charge is -2.18. The van der Waals surface area contributed by atoms with Gasteiger partial charge in [-0.05, 0) is 6.92 Å². The van der Waals surface area contributed by atoms with Crippen molar-refractivity contribution in [3.05, 3.63) is 23.0 Å². The van der Waals surface area contributed by atoms with Crippen LogP contribution in [0.2, 0.25) is 0 Å². The Kier molecular flexibility index (Phi) is 6.03. The number of ether oxygens (including phenoxy) is 2. The molecule has 0 spiro atoms. The predicted octanol–water partition coefficient (Wildman–Crippen LogP) is 2.48. The number of aromatic nitrogens is 1. The molecule has 22 heavy (non-hydrogen) atoms. The molecule has 10 heteroatoms. The van der Waals surface area contributed by atoms with Gasteiger partial charge in [0.25, 0.3) is 6.43 Å². The number of hydrogen-bond acceptors (Lipinski definition) is 5. The van der Waals surface area contributed by atoms with Crippen molar-refractivity contribution in [2.75, 3.05) is 6.61 Å². The molecule has 1 aromatic rings. The fraction of sp³-hybridized carbons (Fsp3) is 0.500. The molecule has 0 aromatic carbocycles. The Bertz CT molecular complexity index is 534. The van der Waals surface area contributed by atoms with Gasteiger partial charge in [-0.25, -0.2) is 8.78 Å². The molecule has 0 saturated heterocycles. The normalized spacial score (nSPS) is 11.6. The second-order valence-corrected chi connectivity index (χ2v) is 4.00. The standard InChI is InChI=1S/C12H13F5N2O3/c1-2-21-9(20)3-8-6(4-18)10(22-12(15,16)17)7(5-19-8)11(13)14/h5,11H,2-4,18H2,1H3. The van der Waals surface area contributed by atoms with E-state index in [1.165, 1.54) is 6.92 Å². The van der Waals surface area contributed by atoms with Gasteiger partial charge >= 0.3 is 12.3 Å². The van der Waals surface area contributed by atoms with Gasteiger partial charge in [0.2, 0.25) is 0 Å². The average Bonchev–Trinajstić information content (AvgIpc) is 2.37. The van der Waals surface area contributed by atoms with Crippen LogP contribution in [0.15, 0.2) is 6.20 Å². The first-order chi connectivity index (χ1) is 10.2. The second kappa shape index (κ2) is 7.34. The highest BCUT2D eigenvalue weighted by molar-refractivity contribution is 5.72. The molecule has 5 nitrogen and oxygen atoms in total. The van der Waals surface area contributed by atoms with Crippen molar-refractivity contribution in [1.82, 2.24) is 4.98 Å². The summed E-state index contributed by atoms with van der Waals surface area (Å²) in [5, 5.41) is 0. The SMILES string of the molecule is CCOC(=O)Cc1ncc(C(F)F)c(OC(F)(F)F)c1CN. The van der Waals surface area contributed by atoms with Crippen LogP contribution in [0, 0.1) is 0 Å². The minimum absolute atomic E-state index is 0.0534. The molecule has 0 saturated carbocycles. The number of rotatable bonds is 6. The van der Waals surface area contributed by atoms with Crippen LogP contribution in [-0.4, -0.2) is 23.9 Å². The molecule has 124 valence electrons. The average molecular weight is 328 g/mol. The van der Waals surface area contributed by atoms with Gasteiger partial charge in [0.15, 0.2) is 0 Å². The zero-order chi connectivity index (χ0) is 16.9. The number of hydrogen-bond donors (Lipinski definition) is 1. The third-order valence-electron chi connectivity index (χ3n) is 2.52. The van der Waals surface area contributed by atoms with E-state index in [2.05, 4.69) is 14.5 Å². The van der Waals surface area contributed by atoms with E-state index in [-0.39, 0.29) is 12.3 Å². The lowest BCUT2D eigenvalue weighted by Crippen LogP contribution is -2.22. The number of alkyl halides is 5. The van der Waals surface area contributed by atoms with E-state index in [0.29, 0.717) is 6.20 Å². The molecule has 0 aliphatic rings. The van der Waals surface area contributed by atoms with E-state index < -0.39 is 48.6 Å². The third-order valence-corrected chi connectivity index (χ3v) is 2.52. The third kappa shape index (κ3) is 4.79. The van der Waals surface area contributed by atoms with Crippen LogP contribution in [0.4, 0.5) is 22.0 Å². The van der Waals surface area contributed by atoms with Crippen molar-refractivity contribution in [2.24, 2.45) is 5.73 Å². The summed E-state index contributed by atoms with van der Waals surface area (Å²) in [5.74, 6) is -1.90. The lowest BCUT2D eigenvalue weighted by molar-refractivity contribution is -0.275.